The van der Waals surface area contributed by atoms with Crippen molar-refractivity contribution in [2.45, 2.75) is 13.0 Å². The highest BCUT2D eigenvalue weighted by Gasteiger charge is 2.26. The van der Waals surface area contributed by atoms with Crippen LogP contribution in [0.4, 0.5) is 5.82 Å². The summed E-state index contributed by atoms with van der Waals surface area (Å²) in [7, 11) is -1.93. The van der Waals surface area contributed by atoms with Crippen LogP contribution in [-0.4, -0.2) is 66.5 Å². The number of aromatic nitrogens is 4. The summed E-state index contributed by atoms with van der Waals surface area (Å²) in [6.07, 6.45) is 4.54. The molecule has 1 saturated heterocycles. The number of H-pyrrole nitrogens is 1. The Bertz CT molecular complexity index is 1390. The number of anilines is 1. The summed E-state index contributed by atoms with van der Waals surface area (Å²) in [6, 6.07) is 7.58. The molecule has 1 N–H and O–H groups in total. The minimum atomic E-state index is -3.54. The van der Waals surface area contributed by atoms with Crippen LogP contribution in [-0.2, 0) is 14.8 Å². The predicted octanol–water partition coefficient (Wildman–Crippen LogP) is 2.62. The number of morpholine rings is 1. The van der Waals surface area contributed by atoms with Crippen molar-refractivity contribution in [1.29, 1.82) is 0 Å². The van der Waals surface area contributed by atoms with Crippen LogP contribution < -0.4 is 9.64 Å². The molecule has 1 aromatic carbocycles. The smallest absolute Gasteiger partial charge is 0.237 e. The average Bonchev–Trinajstić information content (AvgIpc) is 3.39. The molecule has 162 valence electrons. The molecule has 4 aromatic rings. The Hall–Kier alpha value is -3.11. The molecule has 1 atom stereocenters. The molecular weight excluding hydrogens is 418 g/mol. The van der Waals surface area contributed by atoms with Crippen molar-refractivity contribution in [3.63, 3.8) is 0 Å². The summed E-state index contributed by atoms with van der Waals surface area (Å²) in [5, 5.41) is 1.62. The number of fused-ring (bicyclic) bond motifs is 2. The second kappa shape index (κ2) is 7.24. The fourth-order valence-corrected chi connectivity index (χ4v) is 4.80. The van der Waals surface area contributed by atoms with E-state index in [1.165, 1.54) is 16.4 Å². The highest BCUT2D eigenvalue weighted by Crippen LogP contribution is 2.35. The van der Waals surface area contributed by atoms with Crippen molar-refractivity contribution in [2.75, 3.05) is 38.0 Å². The third-order valence-corrected chi connectivity index (χ3v) is 6.62. The Balaban J connectivity index is 1.83. The van der Waals surface area contributed by atoms with E-state index >= 15 is 0 Å². The highest BCUT2D eigenvalue weighted by molar-refractivity contribution is 7.89. The van der Waals surface area contributed by atoms with Crippen LogP contribution in [0, 0.1) is 0 Å². The van der Waals surface area contributed by atoms with Gasteiger partial charge < -0.3 is 19.4 Å². The number of rotatable bonds is 4. The van der Waals surface area contributed by atoms with E-state index in [9.17, 15) is 8.42 Å². The van der Waals surface area contributed by atoms with Gasteiger partial charge in [-0.1, -0.05) is 0 Å². The van der Waals surface area contributed by atoms with Gasteiger partial charge in [0, 0.05) is 41.5 Å². The Labute approximate surface area is 179 Å². The van der Waals surface area contributed by atoms with Gasteiger partial charge in [-0.05, 0) is 25.1 Å². The molecule has 1 aliphatic rings. The minimum absolute atomic E-state index is 0.0962. The molecule has 4 heterocycles. The molecule has 0 saturated carbocycles. The molecule has 0 amide bonds. The molecule has 10 heteroatoms. The summed E-state index contributed by atoms with van der Waals surface area (Å²) < 4.78 is 37.1. The normalized spacial score (nSPS) is 17.5. The van der Waals surface area contributed by atoms with Crippen molar-refractivity contribution < 1.29 is 17.9 Å². The first-order valence-corrected chi connectivity index (χ1v) is 11.8. The third-order valence-electron chi connectivity index (χ3n) is 5.61. The van der Waals surface area contributed by atoms with Crippen molar-refractivity contribution in [3.8, 4) is 17.1 Å². The SMILES string of the molecule is COc1cc(-c2nc(N3CCOCC3C)c3ccn(S(C)(=O)=O)c3n2)c2cc[nH]c2c1. The lowest BCUT2D eigenvalue weighted by molar-refractivity contribution is 0.0987. The summed E-state index contributed by atoms with van der Waals surface area (Å²) in [6.45, 7) is 3.89. The number of aromatic amines is 1. The summed E-state index contributed by atoms with van der Waals surface area (Å²) in [5.41, 5.74) is 2.01. The first-order valence-electron chi connectivity index (χ1n) is 9.96. The van der Waals surface area contributed by atoms with Gasteiger partial charge in [0.2, 0.25) is 10.0 Å². The van der Waals surface area contributed by atoms with Gasteiger partial charge in [0.25, 0.3) is 0 Å². The molecule has 1 aliphatic heterocycles. The van der Waals surface area contributed by atoms with Crippen molar-refractivity contribution in [2.24, 2.45) is 0 Å². The molecule has 3 aromatic heterocycles. The van der Waals surface area contributed by atoms with Crippen molar-refractivity contribution >= 4 is 37.8 Å². The van der Waals surface area contributed by atoms with E-state index < -0.39 is 10.0 Å². The van der Waals surface area contributed by atoms with Gasteiger partial charge in [-0.2, -0.15) is 0 Å². The number of methoxy groups -OCH3 is 1. The fraction of sp³-hybridized carbons (Fsp3) is 0.333. The number of ether oxygens (including phenoxy) is 2. The van der Waals surface area contributed by atoms with Gasteiger partial charge in [-0.3, -0.25) is 0 Å². The van der Waals surface area contributed by atoms with E-state index in [1.807, 2.05) is 24.4 Å². The fourth-order valence-electron chi connectivity index (χ4n) is 4.07. The lowest BCUT2D eigenvalue weighted by Gasteiger charge is -2.34. The molecule has 0 aliphatic carbocycles. The summed E-state index contributed by atoms with van der Waals surface area (Å²) >= 11 is 0. The average molecular weight is 442 g/mol. The lowest BCUT2D eigenvalue weighted by atomic mass is 10.1. The molecule has 1 unspecified atom stereocenters. The first kappa shape index (κ1) is 19.8. The quantitative estimate of drug-likeness (QED) is 0.519. The Morgan fingerprint density at radius 2 is 2.06 bits per heavy atom. The maximum Gasteiger partial charge on any atom is 0.237 e. The van der Waals surface area contributed by atoms with E-state index in [0.29, 0.717) is 48.2 Å². The largest absolute Gasteiger partial charge is 0.497 e. The predicted molar refractivity (Wildman–Crippen MR) is 119 cm³/mol. The van der Waals surface area contributed by atoms with Crippen LogP contribution in [0.5, 0.6) is 5.75 Å². The number of nitrogens with zero attached hydrogens (tertiary/aromatic N) is 4. The van der Waals surface area contributed by atoms with E-state index in [4.69, 9.17) is 19.4 Å². The first-order chi connectivity index (χ1) is 14.9. The molecule has 0 bridgehead atoms. The second-order valence-corrected chi connectivity index (χ2v) is 9.57. The Morgan fingerprint density at radius 3 is 2.81 bits per heavy atom. The third kappa shape index (κ3) is 3.31. The molecular formula is C21H23N5O4S. The van der Waals surface area contributed by atoms with Gasteiger partial charge in [-0.15, -0.1) is 0 Å². The highest BCUT2D eigenvalue weighted by atomic mass is 32.2. The molecule has 31 heavy (non-hydrogen) atoms. The number of nitrogens with one attached hydrogen (secondary N) is 1. The van der Waals surface area contributed by atoms with Gasteiger partial charge in [0.15, 0.2) is 11.5 Å². The van der Waals surface area contributed by atoms with Crippen LogP contribution in [0.25, 0.3) is 33.3 Å². The molecule has 9 nitrogen and oxygen atoms in total. The summed E-state index contributed by atoms with van der Waals surface area (Å²) in [4.78, 5) is 15.0. The minimum Gasteiger partial charge on any atom is -0.497 e. The Morgan fingerprint density at radius 1 is 1.23 bits per heavy atom. The van der Waals surface area contributed by atoms with Crippen molar-refractivity contribution in [1.82, 2.24) is 18.9 Å². The zero-order valence-corrected chi connectivity index (χ0v) is 18.3. The van der Waals surface area contributed by atoms with Crippen LogP contribution in [0.1, 0.15) is 6.92 Å². The standard InChI is InChI=1S/C21H23N5O4S/c1-13-12-30-9-8-25(13)20-16-5-7-26(31(3,27)28)21(16)24-19(23-20)17-10-14(29-2)11-18-15(17)4-6-22-18/h4-7,10-11,13,22H,8-9,12H2,1-3H3. The number of benzene rings is 1. The van der Waals surface area contributed by atoms with Gasteiger partial charge >= 0.3 is 0 Å². The van der Waals surface area contributed by atoms with Crippen LogP contribution in [0.2, 0.25) is 0 Å². The van der Waals surface area contributed by atoms with E-state index in [-0.39, 0.29) is 6.04 Å². The van der Waals surface area contributed by atoms with E-state index in [0.717, 1.165) is 16.5 Å². The van der Waals surface area contributed by atoms with E-state index in [1.54, 1.807) is 13.2 Å². The Kier molecular flexibility index (Phi) is 4.63. The maximum absolute atomic E-state index is 12.4. The van der Waals surface area contributed by atoms with Crippen LogP contribution >= 0.6 is 0 Å². The van der Waals surface area contributed by atoms with Crippen LogP contribution in [0.3, 0.4) is 0 Å². The summed E-state index contributed by atoms with van der Waals surface area (Å²) in [5.74, 6) is 1.80. The van der Waals surface area contributed by atoms with Crippen molar-refractivity contribution in [3.05, 3.63) is 36.7 Å². The number of hydrogen-bond acceptors (Lipinski definition) is 7. The lowest BCUT2D eigenvalue weighted by Crippen LogP contribution is -2.44. The van der Waals surface area contributed by atoms with Gasteiger partial charge in [-0.25, -0.2) is 22.4 Å². The second-order valence-electron chi connectivity index (χ2n) is 7.71. The molecule has 0 radical (unpaired) electrons. The maximum atomic E-state index is 12.4. The van der Waals surface area contributed by atoms with Gasteiger partial charge in [0.05, 0.1) is 38.0 Å². The number of hydrogen-bond donors (Lipinski definition) is 1. The zero-order valence-electron chi connectivity index (χ0n) is 17.5. The monoisotopic (exact) mass is 441 g/mol. The zero-order chi connectivity index (χ0) is 21.8. The molecule has 5 rings (SSSR count). The van der Waals surface area contributed by atoms with Crippen LogP contribution in [0.15, 0.2) is 36.7 Å². The topological polar surface area (TPSA) is 102 Å². The molecule has 0 spiro atoms. The molecule has 1 fully saturated rings. The van der Waals surface area contributed by atoms with E-state index in [2.05, 4.69) is 16.8 Å². The van der Waals surface area contributed by atoms with Gasteiger partial charge in [0.1, 0.15) is 11.6 Å².